The Morgan fingerprint density at radius 2 is 1.96 bits per heavy atom. The third-order valence-corrected chi connectivity index (χ3v) is 5.85. The lowest BCUT2D eigenvalue weighted by molar-refractivity contribution is -0.120. The van der Waals surface area contributed by atoms with Crippen molar-refractivity contribution in [1.29, 1.82) is 0 Å². The Morgan fingerprint density at radius 1 is 1.27 bits per heavy atom. The Bertz CT molecular complexity index is 783. The van der Waals surface area contributed by atoms with Gasteiger partial charge in [-0.05, 0) is 31.9 Å². The lowest BCUT2D eigenvalue weighted by Crippen LogP contribution is -2.24. The summed E-state index contributed by atoms with van der Waals surface area (Å²) < 4.78 is 0. The minimum Gasteiger partial charge on any atom is -0.312 e. The molecular formula is C19H24N4O2S. The van der Waals surface area contributed by atoms with Crippen molar-refractivity contribution in [2.75, 3.05) is 16.8 Å². The Hall–Kier alpha value is -2.28. The van der Waals surface area contributed by atoms with E-state index in [1.54, 1.807) is 4.90 Å². The summed E-state index contributed by atoms with van der Waals surface area (Å²) in [6.45, 7) is 6.63. The zero-order valence-electron chi connectivity index (χ0n) is 15.4. The van der Waals surface area contributed by atoms with Crippen LogP contribution in [0.4, 0.5) is 10.8 Å². The van der Waals surface area contributed by atoms with E-state index in [9.17, 15) is 9.59 Å². The number of rotatable bonds is 6. The lowest BCUT2D eigenvalue weighted by Gasteiger charge is -2.16. The molecule has 1 aromatic heterocycles. The van der Waals surface area contributed by atoms with E-state index in [2.05, 4.69) is 15.5 Å². The zero-order chi connectivity index (χ0) is 18.7. The highest BCUT2D eigenvalue weighted by Gasteiger charge is 2.34. The summed E-state index contributed by atoms with van der Waals surface area (Å²) in [5.74, 6) is 0.0886. The maximum absolute atomic E-state index is 12.4. The molecule has 2 heterocycles. The minimum absolute atomic E-state index is 0.00700. The summed E-state index contributed by atoms with van der Waals surface area (Å²) in [4.78, 5) is 26.4. The van der Waals surface area contributed by atoms with Crippen molar-refractivity contribution in [2.45, 2.75) is 46.0 Å². The smallest absolute Gasteiger partial charge is 0.229 e. The molecule has 1 aliphatic rings. The number of benzene rings is 1. The van der Waals surface area contributed by atoms with Gasteiger partial charge in [0, 0.05) is 30.5 Å². The van der Waals surface area contributed by atoms with Crippen molar-refractivity contribution in [2.24, 2.45) is 5.92 Å². The second-order valence-corrected chi connectivity index (χ2v) is 7.70. The Kier molecular flexibility index (Phi) is 5.66. The predicted molar refractivity (Wildman–Crippen MR) is 104 cm³/mol. The second-order valence-electron chi connectivity index (χ2n) is 6.69. The fourth-order valence-electron chi connectivity index (χ4n) is 3.16. The van der Waals surface area contributed by atoms with Crippen LogP contribution in [0.5, 0.6) is 0 Å². The largest absolute Gasteiger partial charge is 0.312 e. The van der Waals surface area contributed by atoms with Crippen LogP contribution < -0.4 is 10.2 Å². The van der Waals surface area contributed by atoms with E-state index in [1.165, 1.54) is 16.9 Å². The summed E-state index contributed by atoms with van der Waals surface area (Å²) in [6, 6.07) is 7.95. The standard InChI is InChI=1S/C19H24N4O2S/c1-4-13(5-2)17(25)20-19-22-21-18(26-19)14-10-16(24)23(11-14)15-8-6-12(3)7-9-15/h6-9,13-14H,4-5,10-11H2,1-3H3,(H,20,22,25). The molecule has 1 unspecified atom stereocenters. The summed E-state index contributed by atoms with van der Waals surface area (Å²) in [5.41, 5.74) is 2.08. The molecule has 0 aliphatic carbocycles. The third-order valence-electron chi connectivity index (χ3n) is 4.85. The van der Waals surface area contributed by atoms with E-state index in [0.717, 1.165) is 23.5 Å². The molecule has 6 nitrogen and oxygen atoms in total. The van der Waals surface area contributed by atoms with E-state index >= 15 is 0 Å². The molecule has 1 N–H and O–H groups in total. The molecule has 0 bridgehead atoms. The minimum atomic E-state index is -0.0125. The zero-order valence-corrected chi connectivity index (χ0v) is 16.2. The van der Waals surface area contributed by atoms with Crippen molar-refractivity contribution in [3.63, 3.8) is 0 Å². The Balaban J connectivity index is 1.67. The fourth-order valence-corrected chi connectivity index (χ4v) is 4.00. The first-order valence-corrected chi connectivity index (χ1v) is 9.84. The number of aromatic nitrogens is 2. The fraction of sp³-hybridized carbons (Fsp3) is 0.474. The summed E-state index contributed by atoms with van der Waals surface area (Å²) in [7, 11) is 0. The number of hydrogen-bond acceptors (Lipinski definition) is 5. The normalized spacial score (nSPS) is 17.2. The molecule has 0 spiro atoms. The molecule has 1 atom stereocenters. The van der Waals surface area contributed by atoms with Gasteiger partial charge in [-0.3, -0.25) is 9.59 Å². The van der Waals surface area contributed by atoms with E-state index in [-0.39, 0.29) is 23.7 Å². The van der Waals surface area contributed by atoms with Crippen LogP contribution in [0.2, 0.25) is 0 Å². The highest BCUT2D eigenvalue weighted by Crippen LogP contribution is 2.34. The summed E-state index contributed by atoms with van der Waals surface area (Å²) in [6.07, 6.45) is 2.02. The van der Waals surface area contributed by atoms with E-state index in [1.807, 2.05) is 45.0 Å². The van der Waals surface area contributed by atoms with Gasteiger partial charge in [0.15, 0.2) is 0 Å². The van der Waals surface area contributed by atoms with Gasteiger partial charge in [-0.15, -0.1) is 10.2 Å². The first-order chi connectivity index (χ1) is 12.5. The summed E-state index contributed by atoms with van der Waals surface area (Å²) >= 11 is 1.37. The van der Waals surface area contributed by atoms with Crippen molar-refractivity contribution in [3.05, 3.63) is 34.8 Å². The van der Waals surface area contributed by atoms with E-state index < -0.39 is 0 Å². The molecule has 1 aliphatic heterocycles. The molecule has 1 aromatic carbocycles. The van der Waals surface area contributed by atoms with Crippen LogP contribution in [-0.4, -0.2) is 28.6 Å². The van der Waals surface area contributed by atoms with E-state index in [4.69, 9.17) is 0 Å². The van der Waals surface area contributed by atoms with Crippen molar-refractivity contribution in [3.8, 4) is 0 Å². The van der Waals surface area contributed by atoms with Crippen molar-refractivity contribution < 1.29 is 9.59 Å². The molecule has 138 valence electrons. The van der Waals surface area contributed by atoms with Gasteiger partial charge in [-0.2, -0.15) is 0 Å². The number of carbonyl (C=O) groups excluding carboxylic acids is 2. The molecule has 0 radical (unpaired) electrons. The molecule has 2 aromatic rings. The van der Waals surface area contributed by atoms with Crippen LogP contribution in [0.15, 0.2) is 24.3 Å². The molecule has 0 saturated carbocycles. The topological polar surface area (TPSA) is 75.2 Å². The maximum Gasteiger partial charge on any atom is 0.229 e. The van der Waals surface area contributed by atoms with Gasteiger partial charge >= 0.3 is 0 Å². The average Bonchev–Trinajstić information content (AvgIpc) is 3.23. The van der Waals surface area contributed by atoms with Gasteiger partial charge in [0.2, 0.25) is 16.9 Å². The Labute approximate surface area is 157 Å². The number of anilines is 2. The monoisotopic (exact) mass is 372 g/mol. The van der Waals surface area contributed by atoms with Gasteiger partial charge < -0.3 is 10.2 Å². The quantitative estimate of drug-likeness (QED) is 0.838. The van der Waals surface area contributed by atoms with Crippen LogP contribution in [0, 0.1) is 12.8 Å². The first-order valence-electron chi connectivity index (χ1n) is 9.03. The molecule has 1 saturated heterocycles. The SMILES string of the molecule is CCC(CC)C(=O)Nc1nnc(C2CC(=O)N(c3ccc(C)cc3)C2)s1. The van der Waals surface area contributed by atoms with Crippen LogP contribution in [0.25, 0.3) is 0 Å². The lowest BCUT2D eigenvalue weighted by atomic mass is 10.0. The number of amides is 2. The van der Waals surface area contributed by atoms with Crippen LogP contribution in [0.1, 0.15) is 49.6 Å². The summed E-state index contributed by atoms with van der Waals surface area (Å²) in [5, 5.41) is 12.5. The number of carbonyl (C=O) groups is 2. The maximum atomic E-state index is 12.4. The van der Waals surface area contributed by atoms with Gasteiger partial charge in [-0.25, -0.2) is 0 Å². The molecule has 2 amide bonds. The third kappa shape index (κ3) is 3.93. The molecule has 7 heteroatoms. The van der Waals surface area contributed by atoms with Crippen molar-refractivity contribution in [1.82, 2.24) is 10.2 Å². The molecule has 26 heavy (non-hydrogen) atoms. The number of aryl methyl sites for hydroxylation is 1. The molecule has 1 fully saturated rings. The second kappa shape index (κ2) is 7.95. The Morgan fingerprint density at radius 3 is 2.62 bits per heavy atom. The van der Waals surface area contributed by atoms with Crippen molar-refractivity contribution >= 4 is 34.0 Å². The van der Waals surface area contributed by atoms with Gasteiger partial charge in [0.1, 0.15) is 5.01 Å². The van der Waals surface area contributed by atoms with Gasteiger partial charge in [0.05, 0.1) is 0 Å². The predicted octanol–water partition coefficient (Wildman–Crippen LogP) is 3.74. The highest BCUT2D eigenvalue weighted by molar-refractivity contribution is 7.15. The number of nitrogens with zero attached hydrogens (tertiary/aromatic N) is 3. The number of nitrogens with one attached hydrogen (secondary N) is 1. The highest BCUT2D eigenvalue weighted by atomic mass is 32.1. The van der Waals surface area contributed by atoms with Gasteiger partial charge in [-0.1, -0.05) is 42.9 Å². The average molecular weight is 372 g/mol. The van der Waals surface area contributed by atoms with Crippen LogP contribution >= 0.6 is 11.3 Å². The first kappa shape index (κ1) is 18.5. The van der Waals surface area contributed by atoms with E-state index in [0.29, 0.717) is 18.1 Å². The van der Waals surface area contributed by atoms with Gasteiger partial charge in [0.25, 0.3) is 0 Å². The molecule has 3 rings (SSSR count). The number of hydrogen-bond donors (Lipinski definition) is 1. The van der Waals surface area contributed by atoms with Crippen LogP contribution in [0.3, 0.4) is 0 Å². The molecular weight excluding hydrogens is 348 g/mol. The van der Waals surface area contributed by atoms with Crippen LogP contribution in [-0.2, 0) is 9.59 Å².